The Morgan fingerprint density at radius 3 is 1.00 bits per heavy atom. The van der Waals surface area contributed by atoms with Crippen LogP contribution in [-0.4, -0.2) is 61.0 Å². The van der Waals surface area contributed by atoms with Gasteiger partial charge in [-0.2, -0.15) is 0 Å². The maximum Gasteiger partial charge on any atom is 0.273 e. The Kier molecular flexibility index (Phi) is 6.99. The summed E-state index contributed by atoms with van der Waals surface area (Å²) >= 11 is 0. The molecule has 15 heavy (non-hydrogen) atoms. The first-order chi connectivity index (χ1) is 7.16. The maximum absolute atomic E-state index is 5.25. The highest BCUT2D eigenvalue weighted by Gasteiger charge is 2.49. The van der Waals surface area contributed by atoms with E-state index in [1.165, 1.54) is 42.7 Å². The molecule has 0 bridgehead atoms. The molecule has 0 spiro atoms. The highest BCUT2D eigenvalue weighted by Crippen LogP contribution is 2.26. The maximum atomic E-state index is 5.25. The Morgan fingerprint density at radius 2 is 0.867 bits per heavy atom. The van der Waals surface area contributed by atoms with Crippen molar-refractivity contribution < 1.29 is 28.4 Å². The third-order valence-corrected chi connectivity index (χ3v) is 2.15. The second kappa shape index (κ2) is 7.10. The second-order valence-electron chi connectivity index (χ2n) is 2.74. The van der Waals surface area contributed by atoms with Crippen LogP contribution in [-0.2, 0) is 28.4 Å². The largest absolute Gasteiger partial charge is 0.351 e. The Labute approximate surface area is 90.3 Å². The van der Waals surface area contributed by atoms with Crippen LogP contribution in [0.5, 0.6) is 0 Å². The highest BCUT2D eigenvalue weighted by molar-refractivity contribution is 4.78. The van der Waals surface area contributed by atoms with Crippen molar-refractivity contribution in [1.82, 2.24) is 0 Å². The molecular formula is C9H20O6. The lowest BCUT2D eigenvalue weighted by atomic mass is 10.2. The fraction of sp³-hybridized carbons (Fsp3) is 1.00. The zero-order valence-corrected chi connectivity index (χ0v) is 10.1. The molecule has 0 saturated heterocycles. The molecule has 0 aliphatic carbocycles. The number of rotatable bonds is 8. The topological polar surface area (TPSA) is 55.4 Å². The van der Waals surface area contributed by atoms with Gasteiger partial charge in [-0.15, -0.1) is 0 Å². The lowest BCUT2D eigenvalue weighted by Crippen LogP contribution is -2.58. The summed E-state index contributed by atoms with van der Waals surface area (Å²) in [6.07, 6.45) is -1.53. The molecule has 0 N–H and O–H groups in total. The van der Waals surface area contributed by atoms with E-state index in [9.17, 15) is 0 Å². The SMILES string of the molecule is COC(OC)C(OC)(OC)C(OC)OC. The van der Waals surface area contributed by atoms with Crippen molar-refractivity contribution in [2.75, 3.05) is 42.7 Å². The third-order valence-electron chi connectivity index (χ3n) is 2.15. The normalized spacial score (nSPS) is 12.8. The highest BCUT2D eigenvalue weighted by atomic mass is 16.8. The first-order valence-electron chi connectivity index (χ1n) is 4.38. The molecule has 0 atom stereocenters. The van der Waals surface area contributed by atoms with Gasteiger partial charge in [0.2, 0.25) is 12.6 Å². The van der Waals surface area contributed by atoms with E-state index < -0.39 is 18.4 Å². The Morgan fingerprint density at radius 1 is 0.600 bits per heavy atom. The molecule has 0 aromatic carbocycles. The quantitative estimate of drug-likeness (QED) is 0.549. The molecule has 0 aliphatic rings. The van der Waals surface area contributed by atoms with Crippen LogP contribution in [0.2, 0.25) is 0 Å². The molecular weight excluding hydrogens is 204 g/mol. The van der Waals surface area contributed by atoms with Gasteiger partial charge in [0.1, 0.15) is 0 Å². The summed E-state index contributed by atoms with van der Waals surface area (Å²) in [7, 11) is 8.82. The van der Waals surface area contributed by atoms with E-state index in [0.717, 1.165) is 0 Å². The van der Waals surface area contributed by atoms with Crippen LogP contribution < -0.4 is 0 Å². The molecule has 0 amide bonds. The van der Waals surface area contributed by atoms with Crippen LogP contribution in [0.4, 0.5) is 0 Å². The molecule has 0 heterocycles. The summed E-state index contributed by atoms with van der Waals surface area (Å²) < 4.78 is 30.9. The Hall–Kier alpha value is -0.240. The van der Waals surface area contributed by atoms with Crippen LogP contribution in [0.1, 0.15) is 0 Å². The smallest absolute Gasteiger partial charge is 0.273 e. The van der Waals surface area contributed by atoms with Crippen molar-refractivity contribution in [1.29, 1.82) is 0 Å². The fourth-order valence-corrected chi connectivity index (χ4v) is 1.43. The van der Waals surface area contributed by atoms with Crippen molar-refractivity contribution in [3.05, 3.63) is 0 Å². The average molecular weight is 224 g/mol. The Bertz CT molecular complexity index is 137. The van der Waals surface area contributed by atoms with Crippen LogP contribution in [0.3, 0.4) is 0 Å². The van der Waals surface area contributed by atoms with Gasteiger partial charge in [-0.3, -0.25) is 0 Å². The molecule has 0 aromatic heterocycles. The summed E-state index contributed by atoms with van der Waals surface area (Å²) in [4.78, 5) is 0. The third kappa shape index (κ3) is 2.87. The van der Waals surface area contributed by atoms with Crippen molar-refractivity contribution in [2.45, 2.75) is 18.4 Å². The van der Waals surface area contributed by atoms with E-state index in [4.69, 9.17) is 28.4 Å². The molecule has 0 saturated carbocycles. The van der Waals surface area contributed by atoms with Crippen molar-refractivity contribution in [3.8, 4) is 0 Å². The van der Waals surface area contributed by atoms with E-state index >= 15 is 0 Å². The molecule has 0 rings (SSSR count). The minimum absolute atomic E-state index is 0.766. The number of methoxy groups -OCH3 is 6. The lowest BCUT2D eigenvalue weighted by molar-refractivity contribution is -0.397. The van der Waals surface area contributed by atoms with Gasteiger partial charge in [0.25, 0.3) is 5.79 Å². The standard InChI is InChI=1S/C9H20O6/c1-10-7(11-2)9(14-5,15-6)8(12-3)13-4/h7-8H,1-6H3. The monoisotopic (exact) mass is 224 g/mol. The van der Waals surface area contributed by atoms with Crippen LogP contribution in [0, 0.1) is 0 Å². The predicted octanol–water partition coefficient (Wildman–Crippen LogP) is 0.213. The molecule has 6 heteroatoms. The number of ether oxygens (including phenoxy) is 6. The molecule has 0 radical (unpaired) electrons. The van der Waals surface area contributed by atoms with E-state index in [1.54, 1.807) is 0 Å². The van der Waals surface area contributed by atoms with Gasteiger partial charge in [0, 0.05) is 42.7 Å². The van der Waals surface area contributed by atoms with Gasteiger partial charge in [-0.1, -0.05) is 0 Å². The lowest BCUT2D eigenvalue weighted by Gasteiger charge is -2.39. The van der Waals surface area contributed by atoms with Gasteiger partial charge < -0.3 is 28.4 Å². The molecule has 0 fully saturated rings. The molecule has 92 valence electrons. The van der Waals surface area contributed by atoms with Crippen molar-refractivity contribution >= 4 is 0 Å². The van der Waals surface area contributed by atoms with Gasteiger partial charge in [0.15, 0.2) is 0 Å². The van der Waals surface area contributed by atoms with E-state index in [0.29, 0.717) is 0 Å². The van der Waals surface area contributed by atoms with Crippen LogP contribution >= 0.6 is 0 Å². The molecule has 6 nitrogen and oxygen atoms in total. The zero-order chi connectivity index (χ0) is 11.9. The van der Waals surface area contributed by atoms with Gasteiger partial charge in [-0.05, 0) is 0 Å². The van der Waals surface area contributed by atoms with E-state index in [-0.39, 0.29) is 0 Å². The molecule has 0 aromatic rings. The van der Waals surface area contributed by atoms with E-state index in [2.05, 4.69) is 0 Å². The van der Waals surface area contributed by atoms with Gasteiger partial charge >= 0.3 is 0 Å². The fourth-order valence-electron chi connectivity index (χ4n) is 1.43. The molecule has 0 aliphatic heterocycles. The minimum Gasteiger partial charge on any atom is -0.351 e. The summed E-state index contributed by atoms with van der Waals surface area (Å²) in [6, 6.07) is 0. The second-order valence-corrected chi connectivity index (χ2v) is 2.74. The minimum atomic E-state index is -1.27. The van der Waals surface area contributed by atoms with Gasteiger partial charge in [-0.25, -0.2) is 0 Å². The first kappa shape index (κ1) is 14.8. The first-order valence-corrected chi connectivity index (χ1v) is 4.38. The van der Waals surface area contributed by atoms with Crippen molar-refractivity contribution in [3.63, 3.8) is 0 Å². The summed E-state index contributed by atoms with van der Waals surface area (Å²) in [6.45, 7) is 0. The summed E-state index contributed by atoms with van der Waals surface area (Å²) in [5, 5.41) is 0. The predicted molar refractivity (Wildman–Crippen MR) is 52.4 cm³/mol. The zero-order valence-electron chi connectivity index (χ0n) is 10.1. The Balaban J connectivity index is 4.98. The number of hydrogen-bond acceptors (Lipinski definition) is 6. The van der Waals surface area contributed by atoms with E-state index in [1.807, 2.05) is 0 Å². The number of hydrogen-bond donors (Lipinski definition) is 0. The van der Waals surface area contributed by atoms with Gasteiger partial charge in [0.05, 0.1) is 0 Å². The molecule has 0 unspecified atom stereocenters. The summed E-state index contributed by atoms with van der Waals surface area (Å²) in [5.74, 6) is -1.27. The average Bonchev–Trinajstić information content (AvgIpc) is 2.29. The summed E-state index contributed by atoms with van der Waals surface area (Å²) in [5.41, 5.74) is 0. The van der Waals surface area contributed by atoms with Crippen LogP contribution in [0.15, 0.2) is 0 Å². The van der Waals surface area contributed by atoms with Crippen LogP contribution in [0.25, 0.3) is 0 Å². The van der Waals surface area contributed by atoms with Crippen molar-refractivity contribution in [2.24, 2.45) is 0 Å².